The van der Waals surface area contributed by atoms with Crippen molar-refractivity contribution in [1.29, 1.82) is 0 Å². The molecule has 0 fully saturated rings. The molecular weight excluding hydrogens is 657 g/mol. The van der Waals surface area contributed by atoms with Crippen molar-refractivity contribution in [3.05, 3.63) is 108 Å². The zero-order valence-electron chi connectivity index (χ0n) is 28.1. The van der Waals surface area contributed by atoms with E-state index in [0.29, 0.717) is 29.9 Å². The van der Waals surface area contributed by atoms with Crippen LogP contribution in [0.3, 0.4) is 0 Å². The first-order valence-corrected chi connectivity index (χ1v) is 17.8. The summed E-state index contributed by atoms with van der Waals surface area (Å²) in [6.07, 6.45) is 1.38. The van der Waals surface area contributed by atoms with Crippen molar-refractivity contribution in [2.75, 3.05) is 24.3 Å². The van der Waals surface area contributed by atoms with Crippen LogP contribution >= 0.6 is 22.7 Å². The summed E-state index contributed by atoms with van der Waals surface area (Å²) in [7, 11) is 0. The Morgan fingerprint density at radius 3 is 1.69 bits per heavy atom. The fourth-order valence-corrected chi connectivity index (χ4v) is 6.74. The lowest BCUT2D eigenvalue weighted by molar-refractivity contribution is -0.138. The number of thiazole rings is 2. The molecule has 0 spiro atoms. The van der Waals surface area contributed by atoms with Gasteiger partial charge in [0.05, 0.1) is 45.5 Å². The van der Waals surface area contributed by atoms with Crippen molar-refractivity contribution in [2.45, 2.75) is 52.4 Å². The predicted octanol–water partition coefficient (Wildman–Crippen LogP) is 9.37. The van der Waals surface area contributed by atoms with Gasteiger partial charge in [0.1, 0.15) is 11.5 Å². The van der Waals surface area contributed by atoms with Crippen LogP contribution in [-0.2, 0) is 9.59 Å². The number of carboxylic acid groups (broad SMARTS) is 1. The van der Waals surface area contributed by atoms with Gasteiger partial charge in [0.25, 0.3) is 0 Å². The Morgan fingerprint density at radius 2 is 1.20 bits per heavy atom. The molecule has 0 saturated carbocycles. The molecule has 0 bridgehead atoms. The molecule has 0 radical (unpaired) electrons. The van der Waals surface area contributed by atoms with Gasteiger partial charge in [0.2, 0.25) is 5.91 Å². The molecule has 4 aromatic carbocycles. The van der Waals surface area contributed by atoms with Gasteiger partial charge in [0, 0.05) is 0 Å². The van der Waals surface area contributed by atoms with Crippen LogP contribution in [0.2, 0.25) is 0 Å². The topological polar surface area (TPSA) is 137 Å². The second-order valence-electron chi connectivity index (χ2n) is 10.8. The highest BCUT2D eigenvalue weighted by molar-refractivity contribution is 7.22. The third kappa shape index (κ3) is 10.5. The maximum absolute atomic E-state index is 12.6. The predicted molar refractivity (Wildman–Crippen MR) is 201 cm³/mol. The number of carboxylic acids is 1. The SMILES string of the molecule is CCC(C(=O)O)c1ccccc1.CCOc1ccc2nc(N)sc2c1.CCOc1ccc2nc(NC(=O)C(CC)c3ccccc3)sc2c1. The van der Waals surface area contributed by atoms with Crippen molar-refractivity contribution < 1.29 is 24.2 Å². The molecule has 9 nitrogen and oxygen atoms in total. The van der Waals surface area contributed by atoms with Crippen molar-refractivity contribution in [1.82, 2.24) is 9.97 Å². The van der Waals surface area contributed by atoms with Crippen molar-refractivity contribution in [3.8, 4) is 11.5 Å². The van der Waals surface area contributed by atoms with Gasteiger partial charge in [-0.05, 0) is 74.2 Å². The molecule has 2 atom stereocenters. The maximum atomic E-state index is 12.6. The second-order valence-corrected chi connectivity index (χ2v) is 12.9. The smallest absolute Gasteiger partial charge is 0.310 e. The highest BCUT2D eigenvalue weighted by Gasteiger charge is 2.20. The van der Waals surface area contributed by atoms with Gasteiger partial charge >= 0.3 is 5.97 Å². The first kappa shape index (κ1) is 36.8. The van der Waals surface area contributed by atoms with E-state index in [0.717, 1.165) is 49.5 Å². The molecule has 2 aromatic heterocycles. The fourth-order valence-electron chi connectivity index (χ4n) is 5.08. The van der Waals surface area contributed by atoms with Gasteiger partial charge in [0.15, 0.2) is 10.3 Å². The number of benzene rings is 4. The molecule has 1 amide bonds. The summed E-state index contributed by atoms with van der Waals surface area (Å²) in [6, 6.07) is 30.7. The summed E-state index contributed by atoms with van der Waals surface area (Å²) in [4.78, 5) is 32.0. The average Bonchev–Trinajstić information content (AvgIpc) is 3.68. The standard InChI is InChI=1S/C19H20N2O2S.C10H12O2.C9H10N2OS/c1-3-15(13-8-6-5-7-9-13)18(22)21-19-20-16-11-10-14(23-4-2)12-17(16)24-19;1-2-9(10(11)12)8-6-4-3-5-7-8;1-2-12-6-3-4-7-8(5-6)13-9(10)11-7/h5-12,15H,3-4H2,1-2H3,(H,20,21,22);3-7,9H,2H2,1H3,(H,11,12);3-5H,2H2,1H3,(H2,10,11). The number of amides is 1. The number of fused-ring (bicyclic) bond motifs is 2. The van der Waals surface area contributed by atoms with E-state index in [1.807, 2.05) is 125 Å². The van der Waals surface area contributed by atoms with Crippen LogP contribution in [0, 0.1) is 0 Å². The van der Waals surface area contributed by atoms with Crippen LogP contribution < -0.4 is 20.5 Å². The molecule has 6 aromatic rings. The van der Waals surface area contributed by atoms with E-state index in [4.69, 9.17) is 20.3 Å². The average molecular weight is 699 g/mol. The monoisotopic (exact) mass is 698 g/mol. The molecule has 2 heterocycles. The molecule has 2 unspecified atom stereocenters. The van der Waals surface area contributed by atoms with Gasteiger partial charge in [-0.1, -0.05) is 97.2 Å². The Kier molecular flexibility index (Phi) is 13.9. The minimum Gasteiger partial charge on any atom is -0.494 e. The number of hydrogen-bond donors (Lipinski definition) is 3. The van der Waals surface area contributed by atoms with Crippen LogP contribution in [0.25, 0.3) is 20.4 Å². The third-order valence-corrected chi connectivity index (χ3v) is 9.20. The highest BCUT2D eigenvalue weighted by atomic mass is 32.1. The Bertz CT molecular complexity index is 1930. The number of aliphatic carboxylic acids is 1. The number of nitrogens with zero attached hydrogens (tertiary/aromatic N) is 2. The van der Waals surface area contributed by atoms with Crippen LogP contribution in [0.4, 0.5) is 10.3 Å². The lowest BCUT2D eigenvalue weighted by atomic mass is 9.96. The Balaban J connectivity index is 0.000000182. The lowest BCUT2D eigenvalue weighted by Gasteiger charge is -2.13. The van der Waals surface area contributed by atoms with Crippen LogP contribution in [0.15, 0.2) is 97.1 Å². The molecule has 0 aliphatic rings. The number of nitrogen functional groups attached to an aromatic ring is 1. The van der Waals surface area contributed by atoms with Crippen LogP contribution in [-0.4, -0.2) is 40.2 Å². The van der Waals surface area contributed by atoms with Crippen molar-refractivity contribution >= 4 is 65.2 Å². The van der Waals surface area contributed by atoms with Crippen molar-refractivity contribution in [3.63, 3.8) is 0 Å². The molecule has 0 aliphatic carbocycles. The Hall–Kier alpha value is -5.00. The zero-order valence-corrected chi connectivity index (χ0v) is 29.7. The van der Waals surface area contributed by atoms with E-state index in [2.05, 4.69) is 15.3 Å². The van der Waals surface area contributed by atoms with E-state index in [9.17, 15) is 9.59 Å². The normalized spacial score (nSPS) is 11.8. The van der Waals surface area contributed by atoms with Crippen molar-refractivity contribution in [2.24, 2.45) is 0 Å². The number of aromatic nitrogens is 2. The van der Waals surface area contributed by atoms with Gasteiger partial charge in [-0.25, -0.2) is 9.97 Å². The highest BCUT2D eigenvalue weighted by Crippen LogP contribution is 2.31. The largest absolute Gasteiger partial charge is 0.494 e. The Morgan fingerprint density at radius 1 is 0.714 bits per heavy atom. The van der Waals surface area contributed by atoms with Crippen LogP contribution in [0.1, 0.15) is 63.5 Å². The summed E-state index contributed by atoms with van der Waals surface area (Å²) < 4.78 is 12.9. The molecular formula is C38H42N4O5S2. The third-order valence-electron chi connectivity index (χ3n) is 7.42. The van der Waals surface area contributed by atoms with Gasteiger partial charge < -0.3 is 25.6 Å². The van der Waals surface area contributed by atoms with Gasteiger partial charge in [-0.3, -0.25) is 9.59 Å². The first-order valence-electron chi connectivity index (χ1n) is 16.2. The van der Waals surface area contributed by atoms with Gasteiger partial charge in [-0.2, -0.15) is 0 Å². The minimum atomic E-state index is -0.747. The maximum Gasteiger partial charge on any atom is 0.310 e. The fraction of sp³-hybridized carbons (Fsp3) is 0.263. The first-order chi connectivity index (χ1) is 23.8. The molecule has 0 saturated heterocycles. The summed E-state index contributed by atoms with van der Waals surface area (Å²) >= 11 is 2.94. The van der Waals surface area contributed by atoms with E-state index >= 15 is 0 Å². The van der Waals surface area contributed by atoms with Crippen LogP contribution in [0.5, 0.6) is 11.5 Å². The van der Waals surface area contributed by atoms with E-state index in [1.54, 1.807) is 0 Å². The number of nitrogens with one attached hydrogen (secondary N) is 1. The molecule has 11 heteroatoms. The van der Waals surface area contributed by atoms with Gasteiger partial charge in [-0.15, -0.1) is 0 Å². The van der Waals surface area contributed by atoms with E-state index in [-0.39, 0.29) is 17.7 Å². The molecule has 49 heavy (non-hydrogen) atoms. The molecule has 6 rings (SSSR count). The zero-order chi connectivity index (χ0) is 35.2. The minimum absolute atomic E-state index is 0.0206. The summed E-state index contributed by atoms with van der Waals surface area (Å²) in [6.45, 7) is 9.13. The molecule has 256 valence electrons. The second kappa shape index (κ2) is 18.5. The molecule has 4 N–H and O–H groups in total. The lowest BCUT2D eigenvalue weighted by Crippen LogP contribution is -2.20. The number of nitrogens with two attached hydrogens (primary N) is 1. The summed E-state index contributed by atoms with van der Waals surface area (Å²) in [5, 5.41) is 13.0. The van der Waals surface area contributed by atoms with E-state index in [1.165, 1.54) is 22.7 Å². The quantitative estimate of drug-likeness (QED) is 0.122. The van der Waals surface area contributed by atoms with E-state index < -0.39 is 5.97 Å². The number of carbonyl (C=O) groups excluding carboxylic acids is 1. The number of hydrogen-bond acceptors (Lipinski definition) is 9. The Labute approximate surface area is 294 Å². The summed E-state index contributed by atoms with van der Waals surface area (Å²) in [5.41, 5.74) is 9.29. The summed E-state index contributed by atoms with van der Waals surface area (Å²) in [5.74, 6) is 0.404. The molecule has 0 aliphatic heterocycles. The number of rotatable bonds is 11. The number of anilines is 2. The number of carbonyl (C=O) groups is 2. The number of ether oxygens (including phenoxy) is 2.